The first-order valence-electron chi connectivity index (χ1n) is 12.4. The van der Waals surface area contributed by atoms with Crippen LogP contribution in [0.15, 0.2) is 103 Å². The van der Waals surface area contributed by atoms with Gasteiger partial charge in [0.1, 0.15) is 6.04 Å². The minimum absolute atomic E-state index is 0.183. The molecule has 38 heavy (non-hydrogen) atoms. The summed E-state index contributed by atoms with van der Waals surface area (Å²) in [5, 5.41) is 0.492. The second kappa shape index (κ2) is 9.23. The summed E-state index contributed by atoms with van der Waals surface area (Å²) in [4.78, 5) is 57.7. The number of rotatable bonds is 5. The number of ketones is 2. The molecule has 4 atom stereocenters. The molecule has 3 heterocycles. The number of Topliss-reactive ketones (excluding diaryl/α,β-unsaturated/α-hetero) is 2. The minimum atomic E-state index is -0.904. The Morgan fingerprint density at radius 1 is 0.789 bits per heavy atom. The van der Waals surface area contributed by atoms with Gasteiger partial charge in [-0.2, -0.15) is 0 Å². The molecule has 0 radical (unpaired) electrons. The van der Waals surface area contributed by atoms with Crippen LogP contribution in [0.25, 0.3) is 0 Å². The summed E-state index contributed by atoms with van der Waals surface area (Å²) in [5.74, 6) is -2.95. The fourth-order valence-corrected chi connectivity index (χ4v) is 5.81. The number of halogens is 1. The van der Waals surface area contributed by atoms with Crippen molar-refractivity contribution in [3.05, 3.63) is 125 Å². The van der Waals surface area contributed by atoms with Gasteiger partial charge < -0.3 is 4.90 Å². The number of imide groups is 1. The number of nitrogens with zero attached hydrogens (tertiary/aromatic N) is 2. The zero-order valence-electron chi connectivity index (χ0n) is 20.5. The molecule has 2 fully saturated rings. The van der Waals surface area contributed by atoms with Gasteiger partial charge in [-0.05, 0) is 49.4 Å². The second-order valence-corrected chi connectivity index (χ2v) is 10.2. The van der Waals surface area contributed by atoms with Crippen LogP contribution in [0.3, 0.4) is 0 Å². The Hall–Kier alpha value is -4.29. The lowest BCUT2D eigenvalue weighted by Crippen LogP contribution is -2.46. The maximum atomic E-state index is 13.9. The molecule has 2 amide bonds. The van der Waals surface area contributed by atoms with E-state index in [2.05, 4.69) is 0 Å². The van der Waals surface area contributed by atoms with Crippen molar-refractivity contribution in [2.24, 2.45) is 11.8 Å². The second-order valence-electron chi connectivity index (χ2n) is 9.79. The van der Waals surface area contributed by atoms with Gasteiger partial charge in [0, 0.05) is 27.9 Å². The molecular formula is C31H23ClN2O4. The summed E-state index contributed by atoms with van der Waals surface area (Å²) in [6.07, 6.45) is 5.06. The molecule has 0 spiro atoms. The molecule has 0 aliphatic carbocycles. The van der Waals surface area contributed by atoms with Gasteiger partial charge in [-0.1, -0.05) is 65.7 Å². The van der Waals surface area contributed by atoms with E-state index in [0.29, 0.717) is 27.4 Å². The molecule has 0 bridgehead atoms. The largest absolute Gasteiger partial charge is 0.359 e. The number of carbonyl (C=O) groups excluding carboxylic acids is 4. The number of allylic oxidation sites excluding steroid dienone is 2. The van der Waals surface area contributed by atoms with Crippen LogP contribution in [0.1, 0.15) is 26.3 Å². The summed E-state index contributed by atoms with van der Waals surface area (Å²) < 4.78 is 0. The van der Waals surface area contributed by atoms with E-state index in [-0.39, 0.29) is 17.5 Å². The Bertz CT molecular complexity index is 1530. The maximum absolute atomic E-state index is 13.9. The molecule has 0 unspecified atom stereocenters. The van der Waals surface area contributed by atoms with Crippen molar-refractivity contribution in [2.75, 3.05) is 4.90 Å². The van der Waals surface area contributed by atoms with Crippen molar-refractivity contribution >= 4 is 40.7 Å². The summed E-state index contributed by atoms with van der Waals surface area (Å²) >= 11 is 6.03. The minimum Gasteiger partial charge on any atom is -0.359 e. The van der Waals surface area contributed by atoms with Crippen molar-refractivity contribution in [3.8, 4) is 0 Å². The van der Waals surface area contributed by atoms with Crippen LogP contribution in [-0.4, -0.2) is 40.4 Å². The van der Waals surface area contributed by atoms with Crippen molar-refractivity contribution < 1.29 is 19.2 Å². The van der Waals surface area contributed by atoms with E-state index >= 15 is 0 Å². The van der Waals surface area contributed by atoms with Crippen molar-refractivity contribution in [2.45, 2.75) is 19.0 Å². The smallest absolute Gasteiger partial charge is 0.240 e. The molecule has 3 aromatic rings. The lowest BCUT2D eigenvalue weighted by Gasteiger charge is -2.32. The zero-order valence-corrected chi connectivity index (χ0v) is 21.2. The highest BCUT2D eigenvalue weighted by Crippen LogP contribution is 2.47. The summed E-state index contributed by atoms with van der Waals surface area (Å²) in [5.41, 5.74) is 2.82. The SMILES string of the molecule is Cc1ccc(N2C(=O)[C@@H]3[C@H](C2=O)[C@@H](C(=O)c2ccc(Cl)cc2)N2C=CC(C(=O)c4ccccc4)=C[C@@H]32)cc1. The molecular weight excluding hydrogens is 500 g/mol. The van der Waals surface area contributed by atoms with Gasteiger partial charge in [0.15, 0.2) is 11.6 Å². The third-order valence-corrected chi connectivity index (χ3v) is 7.79. The predicted molar refractivity (Wildman–Crippen MR) is 144 cm³/mol. The molecule has 3 aromatic carbocycles. The number of anilines is 1. The van der Waals surface area contributed by atoms with Crippen LogP contribution in [0.5, 0.6) is 0 Å². The number of amides is 2. The number of hydrogen-bond donors (Lipinski definition) is 0. The molecule has 3 aliphatic heterocycles. The number of carbonyl (C=O) groups is 4. The third kappa shape index (κ3) is 3.80. The summed E-state index contributed by atoms with van der Waals surface area (Å²) in [6, 6.07) is 21.0. The van der Waals surface area contributed by atoms with Crippen LogP contribution in [0.4, 0.5) is 5.69 Å². The first-order valence-corrected chi connectivity index (χ1v) is 12.7. The van der Waals surface area contributed by atoms with Gasteiger partial charge in [-0.3, -0.25) is 19.2 Å². The van der Waals surface area contributed by atoms with E-state index in [1.165, 1.54) is 4.90 Å². The highest BCUT2D eigenvalue weighted by Gasteiger charge is 2.63. The highest BCUT2D eigenvalue weighted by molar-refractivity contribution is 6.30. The van der Waals surface area contributed by atoms with E-state index in [0.717, 1.165) is 5.56 Å². The molecule has 0 N–H and O–H groups in total. The molecule has 6 nitrogen and oxygen atoms in total. The highest BCUT2D eigenvalue weighted by atomic mass is 35.5. The first kappa shape index (κ1) is 24.1. The monoisotopic (exact) mass is 522 g/mol. The van der Waals surface area contributed by atoms with E-state index < -0.39 is 29.8 Å². The van der Waals surface area contributed by atoms with Crippen molar-refractivity contribution in [1.82, 2.24) is 4.90 Å². The van der Waals surface area contributed by atoms with E-state index in [1.807, 2.05) is 25.1 Å². The molecule has 188 valence electrons. The van der Waals surface area contributed by atoms with Crippen molar-refractivity contribution in [1.29, 1.82) is 0 Å². The van der Waals surface area contributed by atoms with Crippen LogP contribution in [0.2, 0.25) is 5.02 Å². The Morgan fingerprint density at radius 3 is 2.13 bits per heavy atom. The fraction of sp³-hybridized carbons (Fsp3) is 0.161. The first-order chi connectivity index (χ1) is 18.3. The Kier molecular flexibility index (Phi) is 5.84. The Balaban J connectivity index is 1.43. The molecule has 7 heteroatoms. The standard InChI is InChI=1S/C31H23ClN2O4/c1-18-7-13-23(14-8-18)34-30(37)25-24-17-21(28(35)19-5-3-2-4-6-19)15-16-33(24)27(26(25)31(34)38)29(36)20-9-11-22(32)12-10-20/h2-17,24-27H,1H3/t24-,25-,26-,27-/m0/s1. The average Bonchev–Trinajstić information content (AvgIpc) is 3.41. The quantitative estimate of drug-likeness (QED) is 0.347. The van der Waals surface area contributed by atoms with E-state index in [4.69, 9.17) is 11.6 Å². The maximum Gasteiger partial charge on any atom is 0.240 e. The number of benzene rings is 3. The lowest BCUT2D eigenvalue weighted by atomic mass is 9.85. The lowest BCUT2D eigenvalue weighted by molar-refractivity contribution is -0.123. The van der Waals surface area contributed by atoms with Gasteiger partial charge in [-0.15, -0.1) is 0 Å². The zero-order chi connectivity index (χ0) is 26.6. The topological polar surface area (TPSA) is 74.8 Å². The van der Waals surface area contributed by atoms with Crippen LogP contribution >= 0.6 is 11.6 Å². The molecule has 6 rings (SSSR count). The van der Waals surface area contributed by atoms with Crippen LogP contribution < -0.4 is 4.90 Å². The van der Waals surface area contributed by atoms with E-state index in [1.54, 1.807) is 83.9 Å². The van der Waals surface area contributed by atoms with Gasteiger partial charge in [0.2, 0.25) is 11.8 Å². The molecule has 0 saturated carbocycles. The summed E-state index contributed by atoms with van der Waals surface area (Å²) in [7, 11) is 0. The predicted octanol–water partition coefficient (Wildman–Crippen LogP) is 5.03. The number of fused-ring (bicyclic) bond motifs is 3. The van der Waals surface area contributed by atoms with Crippen LogP contribution in [0, 0.1) is 18.8 Å². The normalized spacial score (nSPS) is 23.8. The summed E-state index contributed by atoms with van der Waals surface area (Å²) in [6.45, 7) is 1.93. The van der Waals surface area contributed by atoms with Gasteiger partial charge in [-0.25, -0.2) is 4.90 Å². The van der Waals surface area contributed by atoms with Gasteiger partial charge >= 0.3 is 0 Å². The Labute approximate surface area is 224 Å². The van der Waals surface area contributed by atoms with Gasteiger partial charge in [0.25, 0.3) is 0 Å². The average molecular weight is 523 g/mol. The molecule has 2 saturated heterocycles. The fourth-order valence-electron chi connectivity index (χ4n) is 5.69. The third-order valence-electron chi connectivity index (χ3n) is 7.54. The van der Waals surface area contributed by atoms with Gasteiger partial charge in [0.05, 0.1) is 23.6 Å². The number of hydrogen-bond acceptors (Lipinski definition) is 5. The Morgan fingerprint density at radius 2 is 1.45 bits per heavy atom. The van der Waals surface area contributed by atoms with Crippen molar-refractivity contribution in [3.63, 3.8) is 0 Å². The van der Waals surface area contributed by atoms with Crippen LogP contribution in [-0.2, 0) is 9.59 Å². The molecule has 0 aromatic heterocycles. The number of aryl methyl sites for hydroxylation is 1. The van der Waals surface area contributed by atoms with E-state index in [9.17, 15) is 19.2 Å². The molecule has 3 aliphatic rings.